The zero-order chi connectivity index (χ0) is 18.3. The first-order valence-corrected chi connectivity index (χ1v) is 8.79. The number of hydrogen-bond donors (Lipinski definition) is 1. The third kappa shape index (κ3) is 6.17. The lowest BCUT2D eigenvalue weighted by Gasteiger charge is -2.11. The van der Waals surface area contributed by atoms with Crippen LogP contribution < -0.4 is 14.2 Å². The zero-order valence-electron chi connectivity index (χ0n) is 13.4. The van der Waals surface area contributed by atoms with E-state index in [2.05, 4.69) is 9.46 Å². The van der Waals surface area contributed by atoms with Crippen molar-refractivity contribution in [2.45, 2.75) is 13.2 Å². The predicted octanol–water partition coefficient (Wildman–Crippen LogP) is 3.39. The molecule has 1 N–H and O–H groups in total. The molecule has 0 heterocycles. The second-order valence-electron chi connectivity index (χ2n) is 4.94. The second kappa shape index (κ2) is 8.59. The minimum Gasteiger partial charge on any atom is -0.493 e. The van der Waals surface area contributed by atoms with E-state index in [-0.39, 0.29) is 18.0 Å². The first-order chi connectivity index (χ1) is 11.9. The van der Waals surface area contributed by atoms with Gasteiger partial charge in [0.25, 0.3) is 0 Å². The fourth-order valence-electron chi connectivity index (χ4n) is 1.98. The Bertz CT molecular complexity index is 824. The van der Waals surface area contributed by atoms with E-state index in [1.54, 1.807) is 24.3 Å². The summed E-state index contributed by atoms with van der Waals surface area (Å²) in [5.41, 5.74) is 1.29. The highest BCUT2D eigenvalue weighted by atomic mass is 32.2. The van der Waals surface area contributed by atoms with Crippen molar-refractivity contribution in [3.63, 3.8) is 0 Å². The number of sulfonamides is 1. The van der Waals surface area contributed by atoms with Crippen molar-refractivity contribution in [3.05, 3.63) is 65.1 Å². The maximum atomic E-state index is 12.3. The van der Waals surface area contributed by atoms with Crippen molar-refractivity contribution < 1.29 is 26.7 Å². The van der Waals surface area contributed by atoms with Crippen LogP contribution in [0.15, 0.2) is 53.9 Å². The summed E-state index contributed by atoms with van der Waals surface area (Å²) in [7, 11) is -2.34. The van der Waals surface area contributed by atoms with Crippen molar-refractivity contribution in [1.82, 2.24) is 4.72 Å². The maximum Gasteiger partial charge on any atom is 0.387 e. The second-order valence-corrected chi connectivity index (χ2v) is 6.59. The summed E-state index contributed by atoms with van der Waals surface area (Å²) in [6.45, 7) is -2.99. The Kier molecular flexibility index (Phi) is 6.49. The standard InChI is InChI=1S/C17H17F2NO4S/c1-23-16-11-14(7-8-15(16)24-17(18)19)12-20-25(21,22)10-9-13-5-3-2-4-6-13/h2-11,17,20H,12H2,1H3/b10-9+. The lowest BCUT2D eigenvalue weighted by Crippen LogP contribution is -2.20. The van der Waals surface area contributed by atoms with Crippen LogP contribution in [0.3, 0.4) is 0 Å². The summed E-state index contributed by atoms with van der Waals surface area (Å²) >= 11 is 0. The van der Waals surface area contributed by atoms with E-state index in [4.69, 9.17) is 4.74 Å². The van der Waals surface area contributed by atoms with Crippen LogP contribution in [0, 0.1) is 0 Å². The summed E-state index contributed by atoms with van der Waals surface area (Å²) in [6, 6.07) is 13.2. The number of ether oxygens (including phenoxy) is 2. The monoisotopic (exact) mass is 369 g/mol. The lowest BCUT2D eigenvalue weighted by molar-refractivity contribution is -0.0512. The first kappa shape index (κ1) is 18.9. The molecule has 0 spiro atoms. The van der Waals surface area contributed by atoms with Crippen LogP contribution in [0.25, 0.3) is 6.08 Å². The van der Waals surface area contributed by atoms with Crippen LogP contribution >= 0.6 is 0 Å². The number of rotatable bonds is 8. The molecule has 0 unspecified atom stereocenters. The number of hydrogen-bond acceptors (Lipinski definition) is 4. The molecule has 0 aliphatic carbocycles. The Labute approximate surface area is 144 Å². The van der Waals surface area contributed by atoms with Gasteiger partial charge in [0.15, 0.2) is 11.5 Å². The van der Waals surface area contributed by atoms with Crippen molar-refractivity contribution in [3.8, 4) is 11.5 Å². The van der Waals surface area contributed by atoms with Crippen molar-refractivity contribution in [2.24, 2.45) is 0 Å². The van der Waals surface area contributed by atoms with Gasteiger partial charge in [-0.2, -0.15) is 8.78 Å². The molecular weight excluding hydrogens is 352 g/mol. The molecule has 0 saturated heterocycles. The van der Waals surface area contributed by atoms with Crippen LogP contribution in [0.5, 0.6) is 11.5 Å². The van der Waals surface area contributed by atoms with Gasteiger partial charge in [-0.3, -0.25) is 0 Å². The molecule has 134 valence electrons. The van der Waals surface area contributed by atoms with Crippen LogP contribution in [0.4, 0.5) is 8.78 Å². The molecule has 0 bridgehead atoms. The summed E-state index contributed by atoms with van der Waals surface area (Å²) in [4.78, 5) is 0. The van der Waals surface area contributed by atoms with E-state index in [0.717, 1.165) is 11.0 Å². The number of benzene rings is 2. The van der Waals surface area contributed by atoms with Gasteiger partial charge in [0.1, 0.15) is 0 Å². The van der Waals surface area contributed by atoms with Crippen LogP contribution in [0.1, 0.15) is 11.1 Å². The van der Waals surface area contributed by atoms with Crippen molar-refractivity contribution in [2.75, 3.05) is 7.11 Å². The van der Waals surface area contributed by atoms with Gasteiger partial charge in [0, 0.05) is 12.0 Å². The Balaban J connectivity index is 2.03. The van der Waals surface area contributed by atoms with E-state index in [1.807, 2.05) is 6.07 Å². The molecular formula is C17H17F2NO4S. The molecule has 0 aliphatic heterocycles. The minimum atomic E-state index is -3.65. The average molecular weight is 369 g/mol. The SMILES string of the molecule is COc1cc(CNS(=O)(=O)/C=C/c2ccccc2)ccc1OC(F)F. The van der Waals surface area contributed by atoms with Gasteiger partial charge in [0.2, 0.25) is 10.0 Å². The predicted molar refractivity (Wildman–Crippen MR) is 90.9 cm³/mol. The summed E-state index contributed by atoms with van der Waals surface area (Å²) in [5, 5.41) is 1.06. The van der Waals surface area contributed by atoms with Gasteiger partial charge >= 0.3 is 6.61 Å². The lowest BCUT2D eigenvalue weighted by atomic mass is 10.2. The fraction of sp³-hybridized carbons (Fsp3) is 0.176. The fourth-order valence-corrected chi connectivity index (χ4v) is 2.78. The zero-order valence-corrected chi connectivity index (χ0v) is 14.2. The quantitative estimate of drug-likeness (QED) is 0.775. The molecule has 2 aromatic rings. The molecule has 0 saturated carbocycles. The Morgan fingerprint density at radius 1 is 1.12 bits per heavy atom. The molecule has 8 heteroatoms. The van der Waals surface area contributed by atoms with E-state index in [0.29, 0.717) is 5.56 Å². The molecule has 0 fully saturated rings. The number of alkyl halides is 2. The highest BCUT2D eigenvalue weighted by Crippen LogP contribution is 2.29. The number of halogens is 2. The third-order valence-electron chi connectivity index (χ3n) is 3.16. The smallest absolute Gasteiger partial charge is 0.387 e. The minimum absolute atomic E-state index is 0.0211. The molecule has 0 aliphatic rings. The molecule has 0 aromatic heterocycles. The Hall–Kier alpha value is -2.45. The maximum absolute atomic E-state index is 12.3. The van der Waals surface area contributed by atoms with Crippen LogP contribution in [-0.4, -0.2) is 22.1 Å². The molecule has 25 heavy (non-hydrogen) atoms. The number of nitrogens with one attached hydrogen (secondary N) is 1. The summed E-state index contributed by atoms with van der Waals surface area (Å²) in [5.74, 6) is -0.0232. The van der Waals surface area contributed by atoms with E-state index >= 15 is 0 Å². The Morgan fingerprint density at radius 3 is 2.48 bits per heavy atom. The van der Waals surface area contributed by atoms with Gasteiger partial charge < -0.3 is 9.47 Å². The van der Waals surface area contributed by atoms with E-state index in [1.165, 1.54) is 31.4 Å². The normalized spacial score (nSPS) is 11.8. The number of methoxy groups -OCH3 is 1. The Morgan fingerprint density at radius 2 is 1.84 bits per heavy atom. The van der Waals surface area contributed by atoms with Gasteiger partial charge in [0.05, 0.1) is 7.11 Å². The first-order valence-electron chi connectivity index (χ1n) is 7.24. The highest BCUT2D eigenvalue weighted by molar-refractivity contribution is 7.92. The largest absolute Gasteiger partial charge is 0.493 e. The van der Waals surface area contributed by atoms with E-state index in [9.17, 15) is 17.2 Å². The van der Waals surface area contributed by atoms with E-state index < -0.39 is 16.6 Å². The van der Waals surface area contributed by atoms with Gasteiger partial charge in [-0.1, -0.05) is 36.4 Å². The van der Waals surface area contributed by atoms with Crippen molar-refractivity contribution >= 4 is 16.1 Å². The molecule has 0 atom stereocenters. The van der Waals surface area contributed by atoms with Crippen molar-refractivity contribution in [1.29, 1.82) is 0 Å². The summed E-state index contributed by atoms with van der Waals surface area (Å²) in [6.07, 6.45) is 1.47. The highest BCUT2D eigenvalue weighted by Gasteiger charge is 2.12. The molecule has 2 aromatic carbocycles. The van der Waals surface area contributed by atoms with Gasteiger partial charge in [-0.15, -0.1) is 0 Å². The van der Waals surface area contributed by atoms with Gasteiger partial charge in [-0.25, -0.2) is 13.1 Å². The van der Waals surface area contributed by atoms with Crippen LogP contribution in [-0.2, 0) is 16.6 Å². The average Bonchev–Trinajstić information content (AvgIpc) is 2.60. The third-order valence-corrected chi connectivity index (χ3v) is 4.20. The van der Waals surface area contributed by atoms with Crippen LogP contribution in [0.2, 0.25) is 0 Å². The molecule has 5 nitrogen and oxygen atoms in total. The molecule has 0 amide bonds. The molecule has 0 radical (unpaired) electrons. The van der Waals surface area contributed by atoms with Gasteiger partial charge in [-0.05, 0) is 29.3 Å². The molecule has 2 rings (SSSR count). The topological polar surface area (TPSA) is 64.6 Å². The summed E-state index contributed by atoms with van der Waals surface area (Å²) < 4.78 is 60.2.